The molecule has 0 radical (unpaired) electrons. The van der Waals surface area contributed by atoms with Gasteiger partial charge in [-0.05, 0) is 31.4 Å². The Balaban J connectivity index is 2.01. The molecule has 1 aromatic heterocycles. The highest BCUT2D eigenvalue weighted by Crippen LogP contribution is 2.40. The van der Waals surface area contributed by atoms with Crippen molar-refractivity contribution in [3.63, 3.8) is 0 Å². The first-order valence-electron chi connectivity index (χ1n) is 7.60. The highest BCUT2D eigenvalue weighted by molar-refractivity contribution is 5.69. The Morgan fingerprint density at radius 1 is 1.24 bits per heavy atom. The van der Waals surface area contributed by atoms with Crippen LogP contribution >= 0.6 is 0 Å². The molecular formula is C17H21N3O. The fourth-order valence-electron chi connectivity index (χ4n) is 2.27. The first-order chi connectivity index (χ1) is 10.3. The monoisotopic (exact) mass is 283 g/mol. The Morgan fingerprint density at radius 2 is 2.05 bits per heavy atom. The molecule has 4 nitrogen and oxygen atoms in total. The van der Waals surface area contributed by atoms with E-state index in [1.54, 1.807) is 0 Å². The molecule has 1 heterocycles. The maximum Gasteiger partial charge on any atom is 0.134 e. The van der Waals surface area contributed by atoms with E-state index in [2.05, 4.69) is 23.3 Å². The van der Waals surface area contributed by atoms with Gasteiger partial charge in [-0.3, -0.25) is 0 Å². The Labute approximate surface area is 125 Å². The molecule has 1 N–H and O–H groups in total. The van der Waals surface area contributed by atoms with Gasteiger partial charge < -0.3 is 10.1 Å². The second-order valence-corrected chi connectivity index (χ2v) is 5.37. The van der Waals surface area contributed by atoms with E-state index in [4.69, 9.17) is 9.72 Å². The minimum Gasteiger partial charge on any atom is -0.493 e. The highest BCUT2D eigenvalue weighted by atomic mass is 16.5. The average Bonchev–Trinajstić information content (AvgIpc) is 3.37. The van der Waals surface area contributed by atoms with Crippen molar-refractivity contribution < 1.29 is 4.74 Å². The average molecular weight is 283 g/mol. The number of anilines is 1. The second kappa shape index (κ2) is 6.12. The van der Waals surface area contributed by atoms with Gasteiger partial charge in [0.05, 0.1) is 12.3 Å². The molecule has 0 amide bonds. The van der Waals surface area contributed by atoms with Crippen LogP contribution in [0.4, 0.5) is 5.82 Å². The van der Waals surface area contributed by atoms with Crippen LogP contribution in [0.5, 0.6) is 5.75 Å². The quantitative estimate of drug-likeness (QED) is 0.874. The molecule has 1 aliphatic rings. The Morgan fingerprint density at radius 3 is 2.76 bits per heavy atom. The van der Waals surface area contributed by atoms with E-state index in [0.29, 0.717) is 5.92 Å². The number of aromatic nitrogens is 2. The molecule has 1 aromatic carbocycles. The molecule has 0 bridgehead atoms. The maximum absolute atomic E-state index is 5.85. The van der Waals surface area contributed by atoms with Crippen LogP contribution in [0.2, 0.25) is 0 Å². The predicted molar refractivity (Wildman–Crippen MR) is 84.8 cm³/mol. The van der Waals surface area contributed by atoms with Crippen molar-refractivity contribution >= 4 is 5.82 Å². The molecule has 1 aliphatic carbocycles. The van der Waals surface area contributed by atoms with Crippen LogP contribution in [0, 0.1) is 0 Å². The van der Waals surface area contributed by atoms with Gasteiger partial charge in [0.1, 0.15) is 17.4 Å². The predicted octanol–water partition coefficient (Wildman–Crippen LogP) is 3.85. The van der Waals surface area contributed by atoms with Crippen molar-refractivity contribution in [1.29, 1.82) is 0 Å². The summed E-state index contributed by atoms with van der Waals surface area (Å²) in [4.78, 5) is 9.32. The van der Waals surface area contributed by atoms with Gasteiger partial charge in [0, 0.05) is 24.6 Å². The van der Waals surface area contributed by atoms with Crippen molar-refractivity contribution in [1.82, 2.24) is 9.97 Å². The Kier molecular flexibility index (Phi) is 4.04. The van der Waals surface area contributed by atoms with Crippen LogP contribution < -0.4 is 10.1 Å². The zero-order valence-electron chi connectivity index (χ0n) is 12.6. The number of benzene rings is 1. The largest absolute Gasteiger partial charge is 0.493 e. The molecular weight excluding hydrogens is 262 g/mol. The third kappa shape index (κ3) is 3.15. The standard InChI is InChI=1S/C17H21N3O/c1-3-10-21-15-7-5-4-6-13(15)14-11-16(18-2)20-17(19-14)12-8-9-12/h4-7,11-12H,3,8-10H2,1-2H3,(H,18,19,20). The molecule has 110 valence electrons. The maximum atomic E-state index is 5.85. The summed E-state index contributed by atoms with van der Waals surface area (Å²) in [6.45, 7) is 2.83. The lowest BCUT2D eigenvalue weighted by atomic mass is 10.1. The smallest absolute Gasteiger partial charge is 0.134 e. The van der Waals surface area contributed by atoms with E-state index in [0.717, 1.165) is 41.7 Å². The summed E-state index contributed by atoms with van der Waals surface area (Å²) < 4.78 is 5.85. The van der Waals surface area contributed by atoms with Gasteiger partial charge in [-0.2, -0.15) is 0 Å². The van der Waals surface area contributed by atoms with Crippen LogP contribution in [0.1, 0.15) is 37.9 Å². The lowest BCUT2D eigenvalue weighted by Crippen LogP contribution is -2.02. The van der Waals surface area contributed by atoms with Crippen molar-refractivity contribution in [2.45, 2.75) is 32.1 Å². The fourth-order valence-corrected chi connectivity index (χ4v) is 2.27. The van der Waals surface area contributed by atoms with Crippen molar-refractivity contribution in [3.05, 3.63) is 36.2 Å². The minimum atomic E-state index is 0.528. The molecule has 21 heavy (non-hydrogen) atoms. The zero-order valence-corrected chi connectivity index (χ0v) is 12.6. The van der Waals surface area contributed by atoms with Gasteiger partial charge in [0.15, 0.2) is 0 Å². The second-order valence-electron chi connectivity index (χ2n) is 5.37. The SMILES string of the molecule is CCCOc1ccccc1-c1cc(NC)nc(C2CC2)n1. The Bertz CT molecular complexity index is 623. The van der Waals surface area contributed by atoms with Gasteiger partial charge in [-0.15, -0.1) is 0 Å². The lowest BCUT2D eigenvalue weighted by Gasteiger charge is -2.12. The number of rotatable bonds is 6. The van der Waals surface area contributed by atoms with Crippen molar-refractivity contribution in [3.8, 4) is 17.0 Å². The zero-order chi connectivity index (χ0) is 14.7. The molecule has 0 saturated heterocycles. The molecule has 0 unspecified atom stereocenters. The number of para-hydroxylation sites is 1. The van der Waals surface area contributed by atoms with Crippen molar-refractivity contribution in [2.75, 3.05) is 19.0 Å². The highest BCUT2D eigenvalue weighted by Gasteiger charge is 2.27. The van der Waals surface area contributed by atoms with E-state index in [-0.39, 0.29) is 0 Å². The third-order valence-electron chi connectivity index (χ3n) is 3.57. The molecule has 2 aromatic rings. The number of hydrogen-bond donors (Lipinski definition) is 1. The summed E-state index contributed by atoms with van der Waals surface area (Å²) in [5.74, 6) is 3.23. The molecule has 3 rings (SSSR count). The van der Waals surface area contributed by atoms with E-state index in [1.165, 1.54) is 12.8 Å². The summed E-state index contributed by atoms with van der Waals surface area (Å²) in [6.07, 6.45) is 3.38. The summed E-state index contributed by atoms with van der Waals surface area (Å²) in [5, 5.41) is 3.13. The molecule has 1 fully saturated rings. The van der Waals surface area contributed by atoms with Crippen LogP contribution in [0.25, 0.3) is 11.3 Å². The lowest BCUT2D eigenvalue weighted by molar-refractivity contribution is 0.318. The molecule has 1 saturated carbocycles. The topological polar surface area (TPSA) is 47.0 Å². The first kappa shape index (κ1) is 13.9. The molecule has 4 heteroatoms. The first-order valence-corrected chi connectivity index (χ1v) is 7.60. The van der Waals surface area contributed by atoms with E-state index >= 15 is 0 Å². The summed E-state index contributed by atoms with van der Waals surface area (Å²) in [7, 11) is 1.89. The minimum absolute atomic E-state index is 0.528. The fraction of sp³-hybridized carbons (Fsp3) is 0.412. The van der Waals surface area contributed by atoms with Crippen LogP contribution in [-0.4, -0.2) is 23.6 Å². The number of hydrogen-bond acceptors (Lipinski definition) is 4. The molecule has 0 spiro atoms. The van der Waals surface area contributed by atoms with Gasteiger partial charge in [-0.25, -0.2) is 9.97 Å². The third-order valence-corrected chi connectivity index (χ3v) is 3.57. The van der Waals surface area contributed by atoms with Gasteiger partial charge in [-0.1, -0.05) is 19.1 Å². The van der Waals surface area contributed by atoms with Gasteiger partial charge >= 0.3 is 0 Å². The van der Waals surface area contributed by atoms with Crippen molar-refractivity contribution in [2.24, 2.45) is 0 Å². The number of nitrogens with one attached hydrogen (secondary N) is 1. The summed E-state index contributed by atoms with van der Waals surface area (Å²) >= 11 is 0. The van der Waals surface area contributed by atoms with Crippen LogP contribution in [0.3, 0.4) is 0 Å². The normalized spacial score (nSPS) is 14.0. The van der Waals surface area contributed by atoms with E-state index in [1.807, 2.05) is 31.3 Å². The van der Waals surface area contributed by atoms with Gasteiger partial charge in [0.2, 0.25) is 0 Å². The molecule has 0 aliphatic heterocycles. The van der Waals surface area contributed by atoms with Crippen LogP contribution in [0.15, 0.2) is 30.3 Å². The van der Waals surface area contributed by atoms with E-state index < -0.39 is 0 Å². The van der Waals surface area contributed by atoms with E-state index in [9.17, 15) is 0 Å². The number of ether oxygens (including phenoxy) is 1. The summed E-state index contributed by atoms with van der Waals surface area (Å²) in [5.41, 5.74) is 1.97. The summed E-state index contributed by atoms with van der Waals surface area (Å²) in [6, 6.07) is 10.1. The molecule has 0 atom stereocenters. The number of nitrogens with zero attached hydrogens (tertiary/aromatic N) is 2. The van der Waals surface area contributed by atoms with Crippen LogP contribution in [-0.2, 0) is 0 Å². The van der Waals surface area contributed by atoms with Gasteiger partial charge in [0.25, 0.3) is 0 Å². The Hall–Kier alpha value is -2.10.